The molecule has 2 aliphatic carbocycles. The maximum absolute atomic E-state index is 3.96. The molecule has 2 atom stereocenters. The monoisotopic (exact) mass is 902 g/mol. The van der Waals surface area contributed by atoms with E-state index in [0.29, 0.717) is 7.35 Å². The molecule has 0 fully saturated rings. The van der Waals surface area contributed by atoms with Gasteiger partial charge in [-0.3, -0.25) is 0 Å². The fraction of sp³-hybridized carbons (Fsp3) is 0.462. The summed E-state index contributed by atoms with van der Waals surface area (Å²) in [6.07, 6.45) is 10.5. The molecule has 0 nitrogen and oxygen atoms in total. The van der Waals surface area contributed by atoms with Gasteiger partial charge in [-0.05, 0) is 0 Å². The van der Waals surface area contributed by atoms with E-state index in [9.17, 15) is 0 Å². The minimum atomic E-state index is -3.96. The number of fused-ring (bicyclic) bond motifs is 2. The van der Waals surface area contributed by atoms with E-state index in [1.807, 2.05) is 0 Å². The van der Waals surface area contributed by atoms with Gasteiger partial charge in [-0.15, -0.1) is 0 Å². The van der Waals surface area contributed by atoms with Crippen LogP contribution >= 0.6 is 0 Å². The van der Waals surface area contributed by atoms with Crippen molar-refractivity contribution in [1.29, 1.82) is 0 Å². The number of hydrogen-bond donors (Lipinski definition) is 0. The van der Waals surface area contributed by atoms with Gasteiger partial charge in [0.15, 0.2) is 0 Å². The molecule has 0 saturated heterocycles. The zero-order chi connectivity index (χ0) is 39.8. The average molecular weight is 902 g/mol. The molecule has 54 heavy (non-hydrogen) atoms. The van der Waals surface area contributed by atoms with E-state index in [1.54, 1.807) is 11.1 Å². The van der Waals surface area contributed by atoms with Crippen molar-refractivity contribution >= 4 is 17.6 Å². The Balaban J connectivity index is 1.55. The van der Waals surface area contributed by atoms with E-state index < -0.39 is 22.6 Å². The van der Waals surface area contributed by atoms with Gasteiger partial charge in [0.1, 0.15) is 0 Å². The fourth-order valence-corrected chi connectivity index (χ4v) is 66.3. The van der Waals surface area contributed by atoms with Crippen LogP contribution < -0.4 is 0 Å². The van der Waals surface area contributed by atoms with Crippen LogP contribution in [0.3, 0.4) is 0 Å². The Kier molecular flexibility index (Phi) is 10.5. The third-order valence-electron chi connectivity index (χ3n) is 13.7. The Morgan fingerprint density at radius 1 is 0.481 bits per heavy atom. The maximum atomic E-state index is 2.90. The molecule has 0 bridgehead atoms. The topological polar surface area (TPSA) is 0 Å². The van der Waals surface area contributed by atoms with E-state index in [2.05, 4.69) is 203 Å². The van der Waals surface area contributed by atoms with Gasteiger partial charge in [0.05, 0.1) is 0 Å². The molecule has 2 unspecified atom stereocenters. The first kappa shape index (κ1) is 41.1. The molecule has 0 radical (unpaired) electrons. The second-order valence-corrected chi connectivity index (χ2v) is 68.2. The molecule has 286 valence electrons. The third kappa shape index (κ3) is 7.15. The van der Waals surface area contributed by atoms with Gasteiger partial charge < -0.3 is 0 Å². The number of hydrogen-bond acceptors (Lipinski definition) is 0. The summed E-state index contributed by atoms with van der Waals surface area (Å²) >= 11 is -3.96. The van der Waals surface area contributed by atoms with Crippen LogP contribution in [0.2, 0.25) is 21.4 Å². The Morgan fingerprint density at radius 2 is 0.796 bits per heavy atom. The average Bonchev–Trinajstić information content (AvgIpc) is 3.73. The van der Waals surface area contributed by atoms with E-state index in [-0.39, 0.29) is 21.7 Å². The molecule has 0 N–H and O–H groups in total. The van der Waals surface area contributed by atoms with Gasteiger partial charge in [0.25, 0.3) is 0 Å². The Bertz CT molecular complexity index is 2020. The molecule has 0 aromatic heterocycles. The van der Waals surface area contributed by atoms with Crippen LogP contribution in [0.5, 0.6) is 0 Å². The van der Waals surface area contributed by atoms with Gasteiger partial charge in [0.2, 0.25) is 0 Å². The summed E-state index contributed by atoms with van der Waals surface area (Å²) in [5, 5.41) is 0. The first-order chi connectivity index (χ1) is 24.9. The Hall–Kier alpha value is -2.55. The summed E-state index contributed by atoms with van der Waals surface area (Å²) in [4.78, 5) is 0. The van der Waals surface area contributed by atoms with Crippen molar-refractivity contribution < 1.29 is 17.1 Å². The van der Waals surface area contributed by atoms with Crippen molar-refractivity contribution in [2.75, 3.05) is 0 Å². The van der Waals surface area contributed by atoms with Crippen molar-refractivity contribution in [3.05, 3.63) is 129 Å². The predicted molar refractivity (Wildman–Crippen MR) is 241 cm³/mol. The SMILES string of the molecule is CC[Si](CC)=[Hf]([CH3])([CH3])([CH]1C=Cc2c(-c3cc(C(C)(C)C)cc(C(C)(C)C)c3)cccc21)[CH]1C=Cc2c(-c3cc(C(C)(C)C)cc(C(C)(C)C)c3)cccc21. The molecule has 0 heterocycles. The van der Waals surface area contributed by atoms with Crippen LogP contribution in [0, 0.1) is 0 Å². The minimum absolute atomic E-state index is 0.0817. The van der Waals surface area contributed by atoms with Crippen molar-refractivity contribution in [3.8, 4) is 22.3 Å². The number of allylic oxidation sites excluding steroid dienone is 2. The molecule has 0 amide bonds. The predicted octanol–water partition coefficient (Wildman–Crippen LogP) is 15.9. The zero-order valence-corrected chi connectivity index (χ0v) is 41.4. The Morgan fingerprint density at radius 3 is 1.07 bits per heavy atom. The van der Waals surface area contributed by atoms with Crippen LogP contribution in [-0.2, 0) is 38.8 Å². The quantitative estimate of drug-likeness (QED) is 0.169. The van der Waals surface area contributed by atoms with Crippen molar-refractivity contribution in [2.24, 2.45) is 0 Å². The Labute approximate surface area is 331 Å². The van der Waals surface area contributed by atoms with Gasteiger partial charge in [-0.25, -0.2) is 0 Å². The normalized spacial score (nSPS) is 17.6. The van der Waals surface area contributed by atoms with Gasteiger partial charge in [-0.1, -0.05) is 0 Å². The van der Waals surface area contributed by atoms with Gasteiger partial charge in [-0.2, -0.15) is 0 Å². The molecule has 4 aromatic carbocycles. The summed E-state index contributed by atoms with van der Waals surface area (Å²) in [6.45, 7) is 33.3. The van der Waals surface area contributed by atoms with Crippen molar-refractivity contribution in [3.63, 3.8) is 0 Å². The molecule has 0 spiro atoms. The first-order valence-corrected chi connectivity index (χ1v) is 39.5. The molecule has 4 aromatic rings. The van der Waals surface area contributed by atoms with Crippen molar-refractivity contribution in [1.82, 2.24) is 0 Å². The van der Waals surface area contributed by atoms with E-state index in [1.165, 1.54) is 67.7 Å². The summed E-state index contributed by atoms with van der Waals surface area (Å²) < 4.78 is 6.86. The standard InChI is InChI=1S/2C23H27.C4H10Si.2CH3.Hf/c2*1-22(2,3)18-13-17(14-19(15-18)23(4,5)6)21-12-8-10-16-9-7-11-20(16)21;1-3-5-4-2;;;/h2*7-15H,1-6H3;3-4H2,1-2H3;2*1H3;. The van der Waals surface area contributed by atoms with Crippen LogP contribution in [0.25, 0.3) is 34.4 Å². The molecule has 2 aliphatic rings. The second kappa shape index (κ2) is 13.8. The second-order valence-electron chi connectivity index (χ2n) is 21.8. The third-order valence-corrected chi connectivity index (χ3v) is 71.8. The first-order valence-electron chi connectivity index (χ1n) is 20.9. The van der Waals surface area contributed by atoms with Gasteiger partial charge in [0, 0.05) is 0 Å². The summed E-state index contributed by atoms with van der Waals surface area (Å²) in [6, 6.07) is 32.1. The van der Waals surface area contributed by atoms with E-state index in [4.69, 9.17) is 0 Å². The van der Waals surface area contributed by atoms with Crippen LogP contribution in [-0.4, -0.2) is 5.49 Å². The number of rotatable bonds is 6. The molecule has 2 heteroatoms. The summed E-state index contributed by atoms with van der Waals surface area (Å²) in [5.41, 5.74) is 17.1. The van der Waals surface area contributed by atoms with Gasteiger partial charge >= 0.3 is 334 Å². The summed E-state index contributed by atoms with van der Waals surface area (Å²) in [5.74, 6) is 0. The molecule has 0 aliphatic heterocycles. The van der Waals surface area contributed by atoms with Crippen LogP contribution in [0.1, 0.15) is 149 Å². The van der Waals surface area contributed by atoms with Crippen LogP contribution in [0.15, 0.2) is 84.9 Å². The fourth-order valence-electron chi connectivity index (χ4n) is 10.0. The molecular weight excluding hydrogens is 831 g/mol. The molecule has 6 rings (SSSR count). The van der Waals surface area contributed by atoms with Crippen molar-refractivity contribution in [2.45, 2.75) is 147 Å². The van der Waals surface area contributed by atoms with Crippen LogP contribution in [0.4, 0.5) is 0 Å². The summed E-state index contributed by atoms with van der Waals surface area (Å²) in [7, 11) is 0. The van der Waals surface area contributed by atoms with E-state index in [0.717, 1.165) is 0 Å². The van der Waals surface area contributed by atoms with E-state index >= 15 is 0 Å². The number of benzene rings is 4. The molecule has 0 saturated carbocycles. The molecular formula is C52H70HfSi. The zero-order valence-electron chi connectivity index (χ0n) is 36.8.